The zero-order chi connectivity index (χ0) is 21.1. The van der Waals surface area contributed by atoms with E-state index in [-0.39, 0.29) is 46.8 Å². The summed E-state index contributed by atoms with van der Waals surface area (Å²) in [5, 5.41) is 0.0867. The Morgan fingerprint density at radius 3 is 2.52 bits per heavy atom. The standard InChI is InChI=1S/C18H25ClN2O3S/c1-17(2,3)16-20-13-7-6-12(19)15(14(13)24-16)25(22,23)18(4)8-10-21(5)11-9-18/h6-7H,8-11H2,1-5H3/i5D3. The van der Waals surface area contributed by atoms with E-state index in [0.717, 1.165) is 0 Å². The summed E-state index contributed by atoms with van der Waals surface area (Å²) in [5.41, 5.74) is 0.218. The number of fused-ring (bicyclic) bond motifs is 1. The van der Waals surface area contributed by atoms with Crippen LogP contribution in [0, 0.1) is 0 Å². The van der Waals surface area contributed by atoms with Gasteiger partial charge >= 0.3 is 0 Å². The van der Waals surface area contributed by atoms with Gasteiger partial charge in [0.15, 0.2) is 15.4 Å². The molecule has 0 radical (unpaired) electrons. The molecule has 1 fully saturated rings. The predicted molar refractivity (Wildman–Crippen MR) is 100 cm³/mol. The Morgan fingerprint density at radius 2 is 1.96 bits per heavy atom. The highest BCUT2D eigenvalue weighted by Crippen LogP contribution is 2.41. The van der Waals surface area contributed by atoms with E-state index in [1.165, 1.54) is 11.0 Å². The highest BCUT2D eigenvalue weighted by Gasteiger charge is 2.45. The van der Waals surface area contributed by atoms with Gasteiger partial charge in [-0.25, -0.2) is 13.4 Å². The van der Waals surface area contributed by atoms with E-state index in [1.807, 2.05) is 20.8 Å². The smallest absolute Gasteiger partial charge is 0.200 e. The first kappa shape index (κ1) is 15.0. The minimum Gasteiger partial charge on any atom is -0.439 e. The Hall–Kier alpha value is -1.11. The molecule has 7 heteroatoms. The molecule has 5 nitrogen and oxygen atoms in total. The van der Waals surface area contributed by atoms with Gasteiger partial charge in [0.05, 0.1) is 9.77 Å². The summed E-state index contributed by atoms with van der Waals surface area (Å²) in [5.74, 6) is 0.434. The van der Waals surface area contributed by atoms with Crippen LogP contribution in [0.25, 0.3) is 11.1 Å². The van der Waals surface area contributed by atoms with Crippen LogP contribution in [0.5, 0.6) is 0 Å². The summed E-state index contributed by atoms with van der Waals surface area (Å²) in [6, 6.07) is 3.17. The molecule has 0 amide bonds. The van der Waals surface area contributed by atoms with E-state index >= 15 is 0 Å². The maximum Gasteiger partial charge on any atom is 0.200 e. The SMILES string of the molecule is [2H]C([2H])([2H])N1CCC(C)(S(=O)(=O)c2c(Cl)ccc3nc(C(C)(C)C)oc23)CC1. The van der Waals surface area contributed by atoms with Gasteiger partial charge in [0.2, 0.25) is 5.89 Å². The second-order valence-corrected chi connectivity index (χ2v) is 10.7. The predicted octanol–water partition coefficient (Wildman–Crippen LogP) is 4.04. The number of piperidine rings is 1. The molecule has 2 heterocycles. The monoisotopic (exact) mass is 387 g/mol. The van der Waals surface area contributed by atoms with Gasteiger partial charge in [-0.15, -0.1) is 0 Å². The summed E-state index contributed by atoms with van der Waals surface area (Å²) < 4.78 is 54.6. The van der Waals surface area contributed by atoms with Crippen LogP contribution < -0.4 is 0 Å². The molecule has 0 unspecified atom stereocenters. The van der Waals surface area contributed by atoms with Crippen LogP contribution in [0.3, 0.4) is 0 Å². The number of rotatable bonds is 2. The number of hydrogen-bond acceptors (Lipinski definition) is 5. The molecule has 0 atom stereocenters. The van der Waals surface area contributed by atoms with Gasteiger partial charge in [-0.1, -0.05) is 32.4 Å². The van der Waals surface area contributed by atoms with Gasteiger partial charge < -0.3 is 9.32 Å². The number of oxazole rings is 1. The molecule has 1 aliphatic rings. The fourth-order valence-electron chi connectivity index (χ4n) is 3.01. The highest BCUT2D eigenvalue weighted by atomic mass is 35.5. The number of likely N-dealkylation sites (tertiary alicyclic amines) is 1. The van der Waals surface area contributed by atoms with Crippen molar-refractivity contribution < 1.29 is 16.9 Å². The maximum atomic E-state index is 13.6. The molecule has 0 N–H and O–H groups in total. The zero-order valence-electron chi connectivity index (χ0n) is 17.9. The Balaban J connectivity index is 2.08. The fourth-order valence-corrected chi connectivity index (χ4v) is 5.39. The first-order chi connectivity index (χ1) is 12.7. The quantitative estimate of drug-likeness (QED) is 0.778. The summed E-state index contributed by atoms with van der Waals surface area (Å²) in [7, 11) is -3.90. The Bertz CT molecular complexity index is 1000. The minimum absolute atomic E-state index is 0.0560. The number of sulfone groups is 1. The third-order valence-electron chi connectivity index (χ3n) is 4.84. The lowest BCUT2D eigenvalue weighted by Gasteiger charge is -2.37. The molecule has 0 spiro atoms. The van der Waals surface area contributed by atoms with Crippen molar-refractivity contribution in [1.82, 2.24) is 9.88 Å². The number of halogens is 1. The molecule has 1 aliphatic heterocycles. The van der Waals surface area contributed by atoms with Crippen molar-refractivity contribution in [3.8, 4) is 0 Å². The lowest BCUT2D eigenvalue weighted by Crippen LogP contribution is -2.46. The molecule has 0 saturated carbocycles. The van der Waals surface area contributed by atoms with Crippen LogP contribution in [0.4, 0.5) is 0 Å². The molecule has 1 aromatic carbocycles. The van der Waals surface area contributed by atoms with Gasteiger partial charge in [0.1, 0.15) is 10.4 Å². The second kappa shape index (κ2) is 5.96. The van der Waals surface area contributed by atoms with Crippen LogP contribution in [-0.4, -0.2) is 43.1 Å². The summed E-state index contributed by atoms with van der Waals surface area (Å²) in [4.78, 5) is 5.72. The van der Waals surface area contributed by atoms with E-state index < -0.39 is 21.6 Å². The summed E-state index contributed by atoms with van der Waals surface area (Å²) in [6.07, 6.45) is 0.390. The molecule has 3 rings (SSSR count). The van der Waals surface area contributed by atoms with E-state index in [2.05, 4.69) is 4.98 Å². The van der Waals surface area contributed by atoms with E-state index in [0.29, 0.717) is 11.4 Å². The van der Waals surface area contributed by atoms with Gasteiger partial charge in [0.25, 0.3) is 0 Å². The third kappa shape index (κ3) is 3.09. The van der Waals surface area contributed by atoms with Crippen LogP contribution in [0.2, 0.25) is 5.02 Å². The number of aromatic nitrogens is 1. The lowest BCUT2D eigenvalue weighted by atomic mass is 9.97. The molecule has 1 saturated heterocycles. The van der Waals surface area contributed by atoms with Crippen molar-refractivity contribution in [1.29, 1.82) is 0 Å². The first-order valence-corrected chi connectivity index (χ1v) is 10.1. The average Bonchev–Trinajstić information content (AvgIpc) is 2.98. The van der Waals surface area contributed by atoms with Gasteiger partial charge in [-0.2, -0.15) is 0 Å². The van der Waals surface area contributed by atoms with Crippen molar-refractivity contribution in [2.75, 3.05) is 20.1 Å². The number of nitrogens with zero attached hydrogens (tertiary/aromatic N) is 2. The van der Waals surface area contributed by atoms with Gasteiger partial charge in [-0.3, -0.25) is 0 Å². The molecule has 1 aromatic heterocycles. The van der Waals surface area contributed by atoms with Crippen molar-refractivity contribution in [3.05, 3.63) is 23.0 Å². The van der Waals surface area contributed by atoms with Crippen LogP contribution >= 0.6 is 11.6 Å². The third-order valence-corrected chi connectivity index (χ3v) is 7.92. The minimum atomic E-state index is -3.90. The van der Waals surface area contributed by atoms with Gasteiger partial charge in [-0.05, 0) is 52.0 Å². The normalized spacial score (nSPS) is 21.7. The van der Waals surface area contributed by atoms with Crippen molar-refractivity contribution >= 4 is 32.5 Å². The summed E-state index contributed by atoms with van der Waals surface area (Å²) in [6.45, 7) is 5.55. The Labute approximate surface area is 158 Å². The van der Waals surface area contributed by atoms with Crippen LogP contribution in [0.15, 0.2) is 21.4 Å². The summed E-state index contributed by atoms with van der Waals surface area (Å²) >= 11 is 6.33. The topological polar surface area (TPSA) is 63.4 Å². The van der Waals surface area contributed by atoms with Crippen LogP contribution in [-0.2, 0) is 15.3 Å². The molecule has 138 valence electrons. The Kier molecular flexibility index (Phi) is 3.58. The van der Waals surface area contributed by atoms with E-state index in [1.54, 1.807) is 13.0 Å². The molecule has 0 bridgehead atoms. The van der Waals surface area contributed by atoms with Crippen molar-refractivity contribution in [2.45, 2.75) is 55.6 Å². The number of hydrogen-bond donors (Lipinski definition) is 0. The average molecular weight is 388 g/mol. The van der Waals surface area contributed by atoms with Crippen molar-refractivity contribution in [2.24, 2.45) is 0 Å². The molecule has 25 heavy (non-hydrogen) atoms. The largest absolute Gasteiger partial charge is 0.439 e. The first-order valence-electron chi connectivity index (χ1n) is 9.76. The zero-order valence-corrected chi connectivity index (χ0v) is 16.5. The highest BCUT2D eigenvalue weighted by molar-refractivity contribution is 7.93. The van der Waals surface area contributed by atoms with Gasteiger partial charge in [0, 0.05) is 9.53 Å². The van der Waals surface area contributed by atoms with E-state index in [4.69, 9.17) is 20.1 Å². The van der Waals surface area contributed by atoms with Crippen molar-refractivity contribution in [3.63, 3.8) is 0 Å². The second-order valence-electron chi connectivity index (χ2n) is 7.93. The fraction of sp³-hybridized carbons (Fsp3) is 0.611. The van der Waals surface area contributed by atoms with E-state index in [9.17, 15) is 8.42 Å². The Morgan fingerprint density at radius 1 is 1.32 bits per heavy atom. The maximum absolute atomic E-state index is 13.6. The molecule has 2 aromatic rings. The van der Waals surface area contributed by atoms with Crippen LogP contribution in [0.1, 0.15) is 50.5 Å². The lowest BCUT2D eigenvalue weighted by molar-refractivity contribution is 0.240. The number of benzene rings is 1. The molecule has 0 aliphatic carbocycles. The molecular formula is C18H25ClN2O3S. The molecular weight excluding hydrogens is 360 g/mol.